The molecule has 0 radical (unpaired) electrons. The molecule has 0 saturated heterocycles. The van der Waals surface area contributed by atoms with Crippen molar-refractivity contribution in [2.75, 3.05) is 12.4 Å². The molecule has 1 aromatic heterocycles. The summed E-state index contributed by atoms with van der Waals surface area (Å²) in [5, 5.41) is 25.4. The number of ether oxygens (including phenoxy) is 1. The lowest BCUT2D eigenvalue weighted by molar-refractivity contribution is -0.142. The zero-order chi connectivity index (χ0) is 25.4. The van der Waals surface area contributed by atoms with Gasteiger partial charge in [0.2, 0.25) is 11.8 Å². The van der Waals surface area contributed by atoms with Gasteiger partial charge in [0.25, 0.3) is 0 Å². The van der Waals surface area contributed by atoms with Crippen LogP contribution in [0, 0.1) is 0 Å². The lowest BCUT2D eigenvalue weighted by Crippen LogP contribution is -2.44. The largest absolute Gasteiger partial charge is 0.478 e. The monoisotopic (exact) mass is 498 g/mol. The summed E-state index contributed by atoms with van der Waals surface area (Å²) in [5.41, 5.74) is 1.39. The molecule has 0 fully saturated rings. The molecule has 1 heterocycles. The predicted molar refractivity (Wildman–Crippen MR) is 124 cm³/mol. The third kappa shape index (κ3) is 6.95. The highest BCUT2D eigenvalue weighted by Crippen LogP contribution is 2.20. The first-order valence-corrected chi connectivity index (χ1v) is 10.4. The van der Waals surface area contributed by atoms with Gasteiger partial charge in [-0.3, -0.25) is 14.4 Å². The number of hydrogen-bond donors (Lipinski definition) is 3. The number of benzene rings is 2. The summed E-state index contributed by atoms with van der Waals surface area (Å²) >= 11 is 6.06. The molecule has 13 heteroatoms. The van der Waals surface area contributed by atoms with E-state index in [1.807, 2.05) is 0 Å². The Morgan fingerprint density at radius 1 is 1.17 bits per heavy atom. The minimum absolute atomic E-state index is 0.0367. The molecule has 2 amide bonds. The number of tetrazole rings is 1. The summed E-state index contributed by atoms with van der Waals surface area (Å²) in [4.78, 5) is 48.1. The molecule has 12 nitrogen and oxygen atoms in total. The fraction of sp³-hybridized carbons (Fsp3) is 0.136. The fourth-order valence-electron chi connectivity index (χ4n) is 2.91. The second kappa shape index (κ2) is 11.5. The smallest absolute Gasteiger partial charge is 0.335 e. The predicted octanol–water partition coefficient (Wildman–Crippen LogP) is 1.71. The number of nitrogens with zero attached hydrogens (tertiary/aromatic N) is 4. The van der Waals surface area contributed by atoms with Crippen molar-refractivity contribution in [3.8, 4) is 5.69 Å². The molecule has 0 aliphatic carbocycles. The molecule has 3 aromatic rings. The number of carbonyl (C=O) groups excluding carboxylic acids is 3. The number of rotatable bonds is 9. The van der Waals surface area contributed by atoms with Gasteiger partial charge in [-0.2, -0.15) is 4.68 Å². The van der Waals surface area contributed by atoms with Crippen molar-refractivity contribution >= 4 is 47.1 Å². The summed E-state index contributed by atoms with van der Waals surface area (Å²) in [6.07, 6.45) is 3.57. The highest BCUT2D eigenvalue weighted by atomic mass is 35.5. The molecule has 3 rings (SSSR count). The van der Waals surface area contributed by atoms with E-state index in [0.717, 1.165) is 7.11 Å². The molecule has 180 valence electrons. The lowest BCUT2D eigenvalue weighted by atomic mass is 10.1. The van der Waals surface area contributed by atoms with E-state index in [1.54, 1.807) is 18.2 Å². The molecular weight excluding hydrogens is 480 g/mol. The first-order chi connectivity index (χ1) is 16.8. The zero-order valence-corrected chi connectivity index (χ0v) is 19.0. The number of hydrogen-bond acceptors (Lipinski definition) is 8. The highest BCUT2D eigenvalue weighted by molar-refractivity contribution is 6.30. The number of carbonyl (C=O) groups is 4. The van der Waals surface area contributed by atoms with Gasteiger partial charge in [-0.15, -0.1) is 5.10 Å². The number of carboxylic acids is 1. The third-order valence-corrected chi connectivity index (χ3v) is 4.87. The van der Waals surface area contributed by atoms with Gasteiger partial charge < -0.3 is 20.5 Å². The van der Waals surface area contributed by atoms with Crippen molar-refractivity contribution in [1.29, 1.82) is 0 Å². The number of aromatic carboxylic acids is 1. The van der Waals surface area contributed by atoms with Crippen molar-refractivity contribution in [1.82, 2.24) is 25.5 Å². The summed E-state index contributed by atoms with van der Waals surface area (Å²) in [7, 11) is 1.16. The maximum Gasteiger partial charge on any atom is 0.335 e. The number of aromatic nitrogens is 4. The van der Waals surface area contributed by atoms with E-state index < -0.39 is 36.2 Å². The van der Waals surface area contributed by atoms with Crippen molar-refractivity contribution in [3.63, 3.8) is 0 Å². The second-order valence-corrected chi connectivity index (χ2v) is 7.44. The van der Waals surface area contributed by atoms with Crippen LogP contribution >= 0.6 is 11.6 Å². The van der Waals surface area contributed by atoms with Gasteiger partial charge in [0.05, 0.1) is 24.8 Å². The summed E-state index contributed by atoms with van der Waals surface area (Å²) in [6.45, 7) is 0. The average molecular weight is 499 g/mol. The van der Waals surface area contributed by atoms with Gasteiger partial charge in [-0.1, -0.05) is 11.6 Å². The quantitative estimate of drug-likeness (QED) is 0.294. The second-order valence-electron chi connectivity index (χ2n) is 7.00. The van der Waals surface area contributed by atoms with Gasteiger partial charge in [0, 0.05) is 22.3 Å². The Bertz CT molecular complexity index is 1260. The average Bonchev–Trinajstić information content (AvgIpc) is 3.37. The molecule has 1 atom stereocenters. The molecule has 0 aliphatic rings. The van der Waals surface area contributed by atoms with Crippen molar-refractivity contribution < 1.29 is 29.0 Å². The number of methoxy groups -OCH3 is 1. The lowest BCUT2D eigenvalue weighted by Gasteiger charge is -2.17. The van der Waals surface area contributed by atoms with E-state index in [9.17, 15) is 19.2 Å². The van der Waals surface area contributed by atoms with E-state index in [2.05, 4.69) is 30.9 Å². The Labute approximate surface area is 203 Å². The number of esters is 1. The van der Waals surface area contributed by atoms with E-state index >= 15 is 0 Å². The molecule has 0 spiro atoms. The molecule has 35 heavy (non-hydrogen) atoms. The minimum atomic E-state index is -1.27. The number of carboxylic acid groups (broad SMARTS) is 1. The van der Waals surface area contributed by atoms with E-state index in [-0.39, 0.29) is 11.3 Å². The van der Waals surface area contributed by atoms with Crippen LogP contribution in [0.3, 0.4) is 0 Å². The highest BCUT2D eigenvalue weighted by Gasteiger charge is 2.24. The van der Waals surface area contributed by atoms with Crippen LogP contribution in [0.4, 0.5) is 5.69 Å². The van der Waals surface area contributed by atoms with Gasteiger partial charge in [0.1, 0.15) is 12.4 Å². The number of halogens is 1. The first-order valence-electron chi connectivity index (χ1n) is 9.99. The van der Waals surface area contributed by atoms with Crippen LogP contribution in [0.2, 0.25) is 5.02 Å². The third-order valence-electron chi connectivity index (χ3n) is 4.63. The maximum atomic E-state index is 12.7. The van der Waals surface area contributed by atoms with Crippen molar-refractivity contribution in [3.05, 3.63) is 71.0 Å². The van der Waals surface area contributed by atoms with Gasteiger partial charge in [0.15, 0.2) is 0 Å². The fourth-order valence-corrected chi connectivity index (χ4v) is 3.09. The van der Waals surface area contributed by atoms with Gasteiger partial charge >= 0.3 is 11.9 Å². The van der Waals surface area contributed by atoms with Crippen LogP contribution in [-0.4, -0.2) is 62.2 Å². The molecule has 0 aliphatic heterocycles. The van der Waals surface area contributed by atoms with Crippen LogP contribution in [-0.2, 0) is 19.1 Å². The molecule has 2 aromatic carbocycles. The Balaban J connectivity index is 1.74. The Hall–Kier alpha value is -4.58. The summed E-state index contributed by atoms with van der Waals surface area (Å²) in [6, 6.07) is 9.02. The van der Waals surface area contributed by atoms with Gasteiger partial charge in [-0.05, 0) is 59.0 Å². The SMILES string of the molecule is COC(=O)CC(NC(=O)C=Cc1cc(Cl)ccc1-n1cnnn1)C(=O)Nc1ccc(C(=O)O)cc1. The van der Waals surface area contributed by atoms with E-state index in [1.165, 1.54) is 47.4 Å². The zero-order valence-electron chi connectivity index (χ0n) is 18.2. The molecule has 0 bridgehead atoms. The summed E-state index contributed by atoms with van der Waals surface area (Å²) in [5.74, 6) is -3.20. The summed E-state index contributed by atoms with van der Waals surface area (Å²) < 4.78 is 6.00. The minimum Gasteiger partial charge on any atom is -0.478 e. The number of amides is 2. The van der Waals surface area contributed by atoms with Gasteiger partial charge in [-0.25, -0.2) is 4.79 Å². The van der Waals surface area contributed by atoms with Crippen LogP contribution in [0.5, 0.6) is 0 Å². The molecule has 3 N–H and O–H groups in total. The Kier molecular flexibility index (Phi) is 8.24. The Morgan fingerprint density at radius 3 is 2.54 bits per heavy atom. The first kappa shape index (κ1) is 25.1. The van der Waals surface area contributed by atoms with E-state index in [4.69, 9.17) is 16.7 Å². The van der Waals surface area contributed by atoms with Crippen LogP contribution in [0.15, 0.2) is 54.9 Å². The molecule has 0 saturated carbocycles. The topological polar surface area (TPSA) is 165 Å². The maximum absolute atomic E-state index is 12.7. The van der Waals surface area contributed by atoms with Crippen molar-refractivity contribution in [2.24, 2.45) is 0 Å². The van der Waals surface area contributed by atoms with E-state index in [0.29, 0.717) is 16.3 Å². The molecule has 1 unspecified atom stereocenters. The standard InChI is InChI=1S/C22H19ClN6O6/c1-35-20(31)11-17(21(32)25-16-6-2-13(3-7-16)22(33)34)26-19(30)9-4-14-10-15(23)5-8-18(14)29-12-24-27-28-29/h2-10,12,17H,11H2,1H3,(H,25,32)(H,26,30)(H,33,34). The normalized spacial score (nSPS) is 11.6. The number of nitrogens with one attached hydrogen (secondary N) is 2. The molecular formula is C22H19ClN6O6. The van der Waals surface area contributed by atoms with Crippen LogP contribution < -0.4 is 10.6 Å². The van der Waals surface area contributed by atoms with Crippen LogP contribution in [0.25, 0.3) is 11.8 Å². The Morgan fingerprint density at radius 2 is 1.91 bits per heavy atom. The van der Waals surface area contributed by atoms with Crippen LogP contribution in [0.1, 0.15) is 22.3 Å². The number of anilines is 1. The van der Waals surface area contributed by atoms with Crippen molar-refractivity contribution in [2.45, 2.75) is 12.5 Å².